The molecule has 1 atom stereocenters. The number of rotatable bonds is 5. The standard InChI is InChI=1S/C15H21F2N3O3S/c1-11(18)2-5-15(21)19-6-8-20(9-7-19)24(22,23)14-4-3-12(16)10-13(14)17/h3-4,10-11H,2,5-9,18H2,1H3. The predicted molar refractivity (Wildman–Crippen MR) is 84.6 cm³/mol. The number of sulfonamides is 1. The quantitative estimate of drug-likeness (QED) is 0.845. The number of carbonyl (C=O) groups excluding carboxylic acids is 1. The van der Waals surface area contributed by atoms with Gasteiger partial charge in [-0.15, -0.1) is 0 Å². The molecule has 1 heterocycles. The van der Waals surface area contributed by atoms with Gasteiger partial charge in [-0.05, 0) is 25.5 Å². The summed E-state index contributed by atoms with van der Waals surface area (Å²) < 4.78 is 52.7. The molecule has 1 unspecified atom stereocenters. The average molecular weight is 361 g/mol. The van der Waals surface area contributed by atoms with Gasteiger partial charge >= 0.3 is 0 Å². The van der Waals surface area contributed by atoms with E-state index in [9.17, 15) is 22.0 Å². The largest absolute Gasteiger partial charge is 0.340 e. The first-order valence-corrected chi connectivity index (χ1v) is 9.14. The highest BCUT2D eigenvalue weighted by molar-refractivity contribution is 7.89. The third-order valence-corrected chi connectivity index (χ3v) is 5.85. The van der Waals surface area contributed by atoms with Crippen LogP contribution in [0.4, 0.5) is 8.78 Å². The zero-order chi connectivity index (χ0) is 17.9. The van der Waals surface area contributed by atoms with E-state index in [0.29, 0.717) is 18.9 Å². The second-order valence-electron chi connectivity index (χ2n) is 5.88. The number of amides is 1. The highest BCUT2D eigenvalue weighted by Crippen LogP contribution is 2.21. The normalized spacial score (nSPS) is 17.8. The molecule has 0 aromatic heterocycles. The molecular weight excluding hydrogens is 340 g/mol. The molecule has 6 nitrogen and oxygen atoms in total. The number of piperazine rings is 1. The lowest BCUT2D eigenvalue weighted by molar-refractivity contribution is -0.132. The van der Waals surface area contributed by atoms with Crippen LogP contribution in [0, 0.1) is 11.6 Å². The summed E-state index contributed by atoms with van der Waals surface area (Å²) in [5, 5.41) is 0. The van der Waals surface area contributed by atoms with Crippen LogP contribution < -0.4 is 5.73 Å². The van der Waals surface area contributed by atoms with Gasteiger partial charge in [-0.25, -0.2) is 17.2 Å². The Kier molecular flexibility index (Phi) is 5.89. The van der Waals surface area contributed by atoms with Crippen molar-refractivity contribution in [3.63, 3.8) is 0 Å². The van der Waals surface area contributed by atoms with E-state index in [1.165, 1.54) is 0 Å². The van der Waals surface area contributed by atoms with Crippen molar-refractivity contribution >= 4 is 15.9 Å². The van der Waals surface area contributed by atoms with Crippen molar-refractivity contribution in [2.24, 2.45) is 5.73 Å². The van der Waals surface area contributed by atoms with Gasteiger partial charge in [0.2, 0.25) is 15.9 Å². The molecule has 1 amide bonds. The van der Waals surface area contributed by atoms with Crippen molar-refractivity contribution < 1.29 is 22.0 Å². The van der Waals surface area contributed by atoms with Gasteiger partial charge < -0.3 is 10.6 Å². The summed E-state index contributed by atoms with van der Waals surface area (Å²) in [6.07, 6.45) is 0.884. The summed E-state index contributed by atoms with van der Waals surface area (Å²) in [5.74, 6) is -2.03. The van der Waals surface area contributed by atoms with Crippen LogP contribution >= 0.6 is 0 Å². The fourth-order valence-corrected chi connectivity index (χ4v) is 3.98. The maximum absolute atomic E-state index is 13.8. The molecule has 24 heavy (non-hydrogen) atoms. The highest BCUT2D eigenvalue weighted by Gasteiger charge is 2.31. The zero-order valence-corrected chi connectivity index (χ0v) is 14.2. The minimum Gasteiger partial charge on any atom is -0.340 e. The van der Waals surface area contributed by atoms with Crippen molar-refractivity contribution in [3.8, 4) is 0 Å². The summed E-state index contributed by atoms with van der Waals surface area (Å²) in [7, 11) is -4.05. The van der Waals surface area contributed by atoms with E-state index in [4.69, 9.17) is 5.73 Å². The number of hydrogen-bond acceptors (Lipinski definition) is 4. The highest BCUT2D eigenvalue weighted by atomic mass is 32.2. The van der Waals surface area contributed by atoms with E-state index < -0.39 is 26.6 Å². The van der Waals surface area contributed by atoms with Crippen LogP contribution in [0.5, 0.6) is 0 Å². The van der Waals surface area contributed by atoms with Gasteiger partial charge in [-0.2, -0.15) is 4.31 Å². The number of hydrogen-bond donors (Lipinski definition) is 1. The molecule has 0 aliphatic carbocycles. The Hall–Kier alpha value is -1.58. The van der Waals surface area contributed by atoms with Gasteiger partial charge in [0, 0.05) is 44.7 Å². The molecule has 9 heteroatoms. The van der Waals surface area contributed by atoms with Gasteiger partial charge in [0.15, 0.2) is 0 Å². The van der Waals surface area contributed by atoms with E-state index in [1.807, 2.05) is 6.92 Å². The summed E-state index contributed by atoms with van der Waals surface area (Å²) >= 11 is 0. The molecule has 1 aromatic carbocycles. The molecule has 0 spiro atoms. The summed E-state index contributed by atoms with van der Waals surface area (Å²) in [6.45, 7) is 2.43. The molecule has 0 bridgehead atoms. The number of nitrogens with zero attached hydrogens (tertiary/aromatic N) is 2. The maximum Gasteiger partial charge on any atom is 0.246 e. The Morgan fingerprint density at radius 3 is 2.42 bits per heavy atom. The van der Waals surface area contributed by atoms with E-state index in [1.54, 1.807) is 4.90 Å². The lowest BCUT2D eigenvalue weighted by atomic mass is 10.2. The SMILES string of the molecule is CC(N)CCC(=O)N1CCN(S(=O)(=O)c2ccc(F)cc2F)CC1. The molecule has 134 valence electrons. The van der Waals surface area contributed by atoms with Gasteiger partial charge in [0.1, 0.15) is 16.5 Å². The third kappa shape index (κ3) is 4.28. The van der Waals surface area contributed by atoms with Crippen LogP contribution in [0.25, 0.3) is 0 Å². The number of carbonyl (C=O) groups is 1. The number of benzene rings is 1. The molecule has 2 N–H and O–H groups in total. The second-order valence-corrected chi connectivity index (χ2v) is 7.78. The topological polar surface area (TPSA) is 83.7 Å². The van der Waals surface area contributed by atoms with Crippen molar-refractivity contribution in [2.75, 3.05) is 26.2 Å². The van der Waals surface area contributed by atoms with E-state index >= 15 is 0 Å². The summed E-state index contributed by atoms with van der Waals surface area (Å²) in [6, 6.07) is 2.29. The minimum atomic E-state index is -4.05. The van der Waals surface area contributed by atoms with Crippen LogP contribution in [-0.2, 0) is 14.8 Å². The first kappa shape index (κ1) is 18.8. The van der Waals surface area contributed by atoms with Crippen LogP contribution in [-0.4, -0.2) is 55.8 Å². The van der Waals surface area contributed by atoms with Gasteiger partial charge in [-0.3, -0.25) is 4.79 Å². The van der Waals surface area contributed by atoms with Crippen LogP contribution in [0.1, 0.15) is 19.8 Å². The predicted octanol–water partition coefficient (Wildman–Crippen LogP) is 0.925. The molecule has 1 aliphatic heterocycles. The first-order valence-electron chi connectivity index (χ1n) is 7.70. The van der Waals surface area contributed by atoms with E-state index in [2.05, 4.69) is 0 Å². The number of nitrogens with two attached hydrogens (primary N) is 1. The number of halogens is 2. The summed E-state index contributed by atoms with van der Waals surface area (Å²) in [5.41, 5.74) is 5.62. The second kappa shape index (κ2) is 7.54. The maximum atomic E-state index is 13.8. The monoisotopic (exact) mass is 361 g/mol. The Labute approximate surface area is 140 Å². The van der Waals surface area contributed by atoms with E-state index in [0.717, 1.165) is 16.4 Å². The van der Waals surface area contributed by atoms with E-state index in [-0.39, 0.29) is 38.1 Å². The molecule has 0 saturated carbocycles. The fourth-order valence-electron chi connectivity index (χ4n) is 2.51. The molecule has 1 saturated heterocycles. The van der Waals surface area contributed by atoms with Crippen molar-refractivity contribution in [3.05, 3.63) is 29.8 Å². The van der Waals surface area contributed by atoms with Gasteiger partial charge in [-0.1, -0.05) is 0 Å². The molecule has 1 aromatic rings. The third-order valence-electron chi connectivity index (χ3n) is 3.92. The lowest BCUT2D eigenvalue weighted by Crippen LogP contribution is -2.50. The molecule has 2 rings (SSSR count). The van der Waals surface area contributed by atoms with Gasteiger partial charge in [0.25, 0.3) is 0 Å². The minimum absolute atomic E-state index is 0.0719. The first-order chi connectivity index (χ1) is 11.2. The van der Waals surface area contributed by atoms with Crippen molar-refractivity contribution in [1.82, 2.24) is 9.21 Å². The van der Waals surface area contributed by atoms with Crippen molar-refractivity contribution in [1.29, 1.82) is 0 Å². The molecule has 1 aliphatic rings. The fraction of sp³-hybridized carbons (Fsp3) is 0.533. The van der Waals surface area contributed by atoms with Crippen LogP contribution in [0.2, 0.25) is 0 Å². The van der Waals surface area contributed by atoms with Crippen LogP contribution in [0.3, 0.4) is 0 Å². The molecule has 1 fully saturated rings. The van der Waals surface area contributed by atoms with Crippen LogP contribution in [0.15, 0.2) is 23.1 Å². The Balaban J connectivity index is 2.02. The smallest absolute Gasteiger partial charge is 0.246 e. The van der Waals surface area contributed by atoms with Crippen molar-refractivity contribution in [2.45, 2.75) is 30.7 Å². The molecule has 0 radical (unpaired) electrons. The molecular formula is C15H21F2N3O3S. The lowest BCUT2D eigenvalue weighted by Gasteiger charge is -2.34. The Bertz CT molecular complexity index is 702. The Morgan fingerprint density at radius 2 is 1.88 bits per heavy atom. The zero-order valence-electron chi connectivity index (χ0n) is 13.4. The van der Waals surface area contributed by atoms with Gasteiger partial charge in [0.05, 0.1) is 0 Å². The summed E-state index contributed by atoms with van der Waals surface area (Å²) in [4.78, 5) is 13.0. The average Bonchev–Trinajstić information content (AvgIpc) is 2.52. The Morgan fingerprint density at radius 1 is 1.25 bits per heavy atom.